The molecule has 0 radical (unpaired) electrons. The lowest BCUT2D eigenvalue weighted by Crippen LogP contribution is -2.42. The van der Waals surface area contributed by atoms with E-state index in [1.807, 2.05) is 6.92 Å². The van der Waals surface area contributed by atoms with Crippen LogP contribution in [0, 0.1) is 11.3 Å². The maximum atomic E-state index is 12.2. The van der Waals surface area contributed by atoms with E-state index in [2.05, 4.69) is 14.9 Å². The van der Waals surface area contributed by atoms with Gasteiger partial charge >= 0.3 is 10.2 Å². The highest BCUT2D eigenvalue weighted by molar-refractivity contribution is 7.90. The molecule has 0 spiro atoms. The molecule has 5 N–H and O–H groups in total. The number of nitrogens with one attached hydrogen (secondary N) is 3. The first-order valence-corrected chi connectivity index (χ1v) is 7.50. The zero-order valence-electron chi connectivity index (χ0n) is 10.7. The number of hydrogen-bond donors (Lipinski definition) is 4. The third kappa shape index (κ3) is 3.04. The molecule has 2 rings (SSSR count). The highest BCUT2D eigenvalue weighted by atomic mass is 32.2. The summed E-state index contributed by atoms with van der Waals surface area (Å²) in [6, 6.07) is 0. The summed E-state index contributed by atoms with van der Waals surface area (Å²) in [5.41, 5.74) is 5.60. The van der Waals surface area contributed by atoms with Crippen LogP contribution in [0.3, 0.4) is 0 Å². The summed E-state index contributed by atoms with van der Waals surface area (Å²) in [5, 5.41) is 13.5. The smallest absolute Gasteiger partial charge is 0.302 e. The van der Waals surface area contributed by atoms with Crippen LogP contribution < -0.4 is 10.5 Å². The monoisotopic (exact) mass is 286 g/mol. The number of nitrogen functional groups attached to an aromatic ring is 1. The summed E-state index contributed by atoms with van der Waals surface area (Å²) in [5.74, 6) is 0.239. The van der Waals surface area contributed by atoms with E-state index in [0.717, 1.165) is 12.8 Å². The van der Waals surface area contributed by atoms with Gasteiger partial charge in [-0.1, -0.05) is 6.92 Å². The van der Waals surface area contributed by atoms with Gasteiger partial charge in [-0.05, 0) is 18.8 Å². The normalized spacial score (nSPS) is 21.2. The van der Waals surface area contributed by atoms with Crippen molar-refractivity contribution in [3.63, 3.8) is 0 Å². The molecule has 1 fully saturated rings. The molecule has 2 heterocycles. The molecule has 8 nitrogen and oxygen atoms in total. The second-order valence-electron chi connectivity index (χ2n) is 4.78. The van der Waals surface area contributed by atoms with E-state index in [1.165, 1.54) is 10.5 Å². The van der Waals surface area contributed by atoms with Gasteiger partial charge in [0.1, 0.15) is 11.7 Å². The minimum absolute atomic E-state index is 0.130. The van der Waals surface area contributed by atoms with Gasteiger partial charge < -0.3 is 5.73 Å². The highest BCUT2D eigenvalue weighted by Crippen LogP contribution is 2.20. The van der Waals surface area contributed by atoms with Crippen LogP contribution in [0.2, 0.25) is 0 Å². The molecular formula is C10H18N6O2S. The van der Waals surface area contributed by atoms with Gasteiger partial charge in [-0.25, -0.2) is 0 Å². The Morgan fingerprint density at radius 3 is 3.05 bits per heavy atom. The van der Waals surface area contributed by atoms with Crippen LogP contribution in [0.15, 0.2) is 6.20 Å². The standard InChI is InChI=1S/C10H18N6O2S/c1-7-3-2-4-16(6-7)19(17,18)15-10-8(9(11)12)5-13-14-10/h5,7H,2-4,6H2,1H3,(H3,11,12)(H2,13,14,15). The first kappa shape index (κ1) is 13.8. The number of aromatic nitrogens is 2. The van der Waals surface area contributed by atoms with Crippen LogP contribution in [-0.2, 0) is 10.2 Å². The lowest BCUT2D eigenvalue weighted by molar-refractivity contribution is 0.282. The first-order valence-electron chi connectivity index (χ1n) is 6.06. The molecule has 1 aliphatic heterocycles. The fourth-order valence-corrected chi connectivity index (χ4v) is 3.49. The molecule has 0 saturated carbocycles. The summed E-state index contributed by atoms with van der Waals surface area (Å²) >= 11 is 0. The van der Waals surface area contributed by atoms with E-state index < -0.39 is 10.2 Å². The Morgan fingerprint density at radius 1 is 1.68 bits per heavy atom. The summed E-state index contributed by atoms with van der Waals surface area (Å²) in [4.78, 5) is 0. The molecule has 9 heteroatoms. The molecular weight excluding hydrogens is 268 g/mol. The molecule has 0 amide bonds. The minimum Gasteiger partial charge on any atom is -0.384 e. The molecule has 1 aromatic heterocycles. The lowest BCUT2D eigenvalue weighted by atomic mass is 10.0. The Hall–Kier alpha value is -1.61. The number of nitrogens with zero attached hydrogens (tertiary/aromatic N) is 2. The van der Waals surface area contributed by atoms with Crippen LogP contribution in [0.25, 0.3) is 0 Å². The third-order valence-corrected chi connectivity index (χ3v) is 4.59. The van der Waals surface area contributed by atoms with Crippen molar-refractivity contribution < 1.29 is 8.42 Å². The van der Waals surface area contributed by atoms with Crippen molar-refractivity contribution in [1.82, 2.24) is 14.5 Å². The van der Waals surface area contributed by atoms with Crippen molar-refractivity contribution in [2.24, 2.45) is 11.7 Å². The zero-order chi connectivity index (χ0) is 14.0. The van der Waals surface area contributed by atoms with E-state index in [0.29, 0.717) is 19.0 Å². The van der Waals surface area contributed by atoms with Crippen molar-refractivity contribution in [3.8, 4) is 0 Å². The van der Waals surface area contributed by atoms with Crippen molar-refractivity contribution >= 4 is 21.9 Å². The van der Waals surface area contributed by atoms with Crippen LogP contribution in [0.5, 0.6) is 0 Å². The Bertz CT molecular complexity index is 566. The van der Waals surface area contributed by atoms with Gasteiger partial charge in [0, 0.05) is 13.1 Å². The van der Waals surface area contributed by atoms with Crippen molar-refractivity contribution in [2.45, 2.75) is 19.8 Å². The van der Waals surface area contributed by atoms with E-state index in [1.54, 1.807) is 0 Å². The SMILES string of the molecule is CC1CCCN(S(=O)(=O)Nc2[nH]ncc2C(=N)N)C1. The lowest BCUT2D eigenvalue weighted by Gasteiger charge is -2.29. The average molecular weight is 286 g/mol. The van der Waals surface area contributed by atoms with E-state index in [-0.39, 0.29) is 17.2 Å². The van der Waals surface area contributed by atoms with Gasteiger partial charge in [0.25, 0.3) is 0 Å². The Kier molecular flexibility index (Phi) is 3.76. The molecule has 1 saturated heterocycles. The quantitative estimate of drug-likeness (QED) is 0.461. The van der Waals surface area contributed by atoms with Crippen molar-refractivity contribution in [2.75, 3.05) is 17.8 Å². The Balaban J connectivity index is 2.16. The Morgan fingerprint density at radius 2 is 2.42 bits per heavy atom. The topological polar surface area (TPSA) is 128 Å². The fourth-order valence-electron chi connectivity index (χ4n) is 2.13. The minimum atomic E-state index is -3.64. The number of H-pyrrole nitrogens is 1. The number of amidine groups is 1. The number of rotatable bonds is 4. The van der Waals surface area contributed by atoms with Crippen molar-refractivity contribution in [1.29, 1.82) is 5.41 Å². The van der Waals surface area contributed by atoms with Crippen LogP contribution in [-0.4, -0.2) is 41.8 Å². The van der Waals surface area contributed by atoms with Gasteiger partial charge in [-0.3, -0.25) is 15.2 Å². The fraction of sp³-hybridized carbons (Fsp3) is 0.600. The summed E-state index contributed by atoms with van der Waals surface area (Å²) in [7, 11) is -3.64. The van der Waals surface area contributed by atoms with E-state index >= 15 is 0 Å². The second-order valence-corrected chi connectivity index (χ2v) is 6.46. The maximum Gasteiger partial charge on any atom is 0.302 e. The predicted octanol–water partition coefficient (Wildman–Crippen LogP) is 0.0824. The van der Waals surface area contributed by atoms with Gasteiger partial charge in [-0.15, -0.1) is 0 Å². The van der Waals surface area contributed by atoms with Gasteiger partial charge in [-0.2, -0.15) is 17.8 Å². The van der Waals surface area contributed by atoms with Crippen molar-refractivity contribution in [3.05, 3.63) is 11.8 Å². The zero-order valence-corrected chi connectivity index (χ0v) is 11.5. The van der Waals surface area contributed by atoms with Gasteiger partial charge in [0.2, 0.25) is 0 Å². The van der Waals surface area contributed by atoms with E-state index in [4.69, 9.17) is 11.1 Å². The molecule has 1 aliphatic rings. The van der Waals surface area contributed by atoms with E-state index in [9.17, 15) is 8.42 Å². The number of aromatic amines is 1. The number of piperidine rings is 1. The molecule has 1 atom stereocenters. The molecule has 0 aromatic carbocycles. The molecule has 1 unspecified atom stereocenters. The predicted molar refractivity (Wildman–Crippen MR) is 72.1 cm³/mol. The molecule has 106 valence electrons. The number of nitrogens with two attached hydrogens (primary N) is 1. The van der Waals surface area contributed by atoms with Crippen LogP contribution in [0.4, 0.5) is 5.82 Å². The van der Waals surface area contributed by atoms with Crippen LogP contribution in [0.1, 0.15) is 25.3 Å². The highest BCUT2D eigenvalue weighted by Gasteiger charge is 2.28. The third-order valence-electron chi connectivity index (χ3n) is 3.12. The number of hydrogen-bond acceptors (Lipinski definition) is 4. The molecule has 0 bridgehead atoms. The Labute approximate surface area is 112 Å². The van der Waals surface area contributed by atoms with Gasteiger partial charge in [0.05, 0.1) is 11.8 Å². The average Bonchev–Trinajstić information content (AvgIpc) is 2.76. The van der Waals surface area contributed by atoms with Gasteiger partial charge in [0.15, 0.2) is 0 Å². The maximum absolute atomic E-state index is 12.2. The summed E-state index contributed by atoms with van der Waals surface area (Å²) in [6.45, 7) is 3.03. The molecule has 0 aliphatic carbocycles. The number of anilines is 1. The molecule has 1 aromatic rings. The summed E-state index contributed by atoms with van der Waals surface area (Å²) < 4.78 is 28.3. The first-order chi connectivity index (χ1) is 8.90. The molecule has 19 heavy (non-hydrogen) atoms. The second kappa shape index (κ2) is 5.17. The largest absolute Gasteiger partial charge is 0.384 e. The van der Waals surface area contributed by atoms with Crippen LogP contribution >= 0.6 is 0 Å². The summed E-state index contributed by atoms with van der Waals surface area (Å²) in [6.07, 6.45) is 3.21.